The zero-order chi connectivity index (χ0) is 19.8. The van der Waals surface area contributed by atoms with Gasteiger partial charge in [-0.3, -0.25) is 9.78 Å². The summed E-state index contributed by atoms with van der Waals surface area (Å²) in [7, 11) is 0. The number of pyridine rings is 1. The van der Waals surface area contributed by atoms with Crippen molar-refractivity contribution in [1.29, 1.82) is 0 Å². The highest BCUT2D eigenvalue weighted by atomic mass is 35.5. The summed E-state index contributed by atoms with van der Waals surface area (Å²) in [5.74, 6) is 0.379. The third-order valence-corrected chi connectivity index (χ3v) is 4.64. The van der Waals surface area contributed by atoms with Crippen LogP contribution in [0.25, 0.3) is 0 Å². The molecule has 7 nitrogen and oxygen atoms in total. The number of piperidine rings is 1. The Morgan fingerprint density at radius 2 is 2.07 bits per heavy atom. The highest BCUT2D eigenvalue weighted by molar-refractivity contribution is 6.31. The first-order chi connectivity index (χ1) is 13.6. The zero-order valence-corrected chi connectivity index (χ0v) is 16.1. The lowest BCUT2D eigenvalue weighted by atomic mass is 10.1. The molecular weight excluding hydrogens is 382 g/mol. The molecule has 1 aromatic heterocycles. The van der Waals surface area contributed by atoms with E-state index in [2.05, 4.69) is 10.3 Å². The minimum Gasteiger partial charge on any atom is -0.487 e. The molecule has 0 saturated carbocycles. The molecule has 8 heteroatoms. The number of likely N-dealkylation sites (tertiary alicyclic amines) is 1. The highest BCUT2D eigenvalue weighted by Crippen LogP contribution is 2.25. The summed E-state index contributed by atoms with van der Waals surface area (Å²) in [6.07, 6.45) is 4.01. The average Bonchev–Trinajstić information content (AvgIpc) is 2.73. The predicted molar refractivity (Wildman–Crippen MR) is 104 cm³/mol. The Bertz CT molecular complexity index is 803. The Labute approximate surface area is 168 Å². The molecule has 1 saturated heterocycles. The Kier molecular flexibility index (Phi) is 7.08. The van der Waals surface area contributed by atoms with Gasteiger partial charge in [0.15, 0.2) is 0 Å². The van der Waals surface area contributed by atoms with Crippen molar-refractivity contribution in [3.8, 4) is 5.75 Å². The number of aromatic nitrogens is 1. The lowest BCUT2D eigenvalue weighted by Gasteiger charge is -2.33. The van der Waals surface area contributed by atoms with Crippen LogP contribution in [0.5, 0.6) is 5.75 Å². The topological polar surface area (TPSA) is 80.8 Å². The van der Waals surface area contributed by atoms with Crippen molar-refractivity contribution in [2.75, 3.05) is 19.6 Å². The van der Waals surface area contributed by atoms with Crippen molar-refractivity contribution >= 4 is 23.6 Å². The molecule has 1 atom stereocenters. The van der Waals surface area contributed by atoms with Crippen molar-refractivity contribution in [3.63, 3.8) is 0 Å². The number of nitrogens with one attached hydrogen (secondary N) is 1. The summed E-state index contributed by atoms with van der Waals surface area (Å²) >= 11 is 6.07. The molecule has 148 valence electrons. The molecule has 1 aromatic carbocycles. The average molecular weight is 404 g/mol. The first-order valence-electron chi connectivity index (χ1n) is 9.10. The van der Waals surface area contributed by atoms with Crippen molar-refractivity contribution in [3.05, 3.63) is 59.4 Å². The Morgan fingerprint density at radius 3 is 2.86 bits per heavy atom. The Morgan fingerprint density at radius 1 is 1.25 bits per heavy atom. The van der Waals surface area contributed by atoms with E-state index in [1.807, 2.05) is 30.3 Å². The van der Waals surface area contributed by atoms with Crippen LogP contribution in [0.1, 0.15) is 18.4 Å². The van der Waals surface area contributed by atoms with Gasteiger partial charge in [0.1, 0.15) is 30.0 Å². The maximum absolute atomic E-state index is 12.4. The summed E-state index contributed by atoms with van der Waals surface area (Å²) < 4.78 is 11.0. The number of carbonyl (C=O) groups excluding carboxylic acids is 2. The van der Waals surface area contributed by atoms with Crippen LogP contribution in [0.4, 0.5) is 4.79 Å². The summed E-state index contributed by atoms with van der Waals surface area (Å²) in [5, 5.41) is 2.94. The Hall–Kier alpha value is -2.80. The van der Waals surface area contributed by atoms with Gasteiger partial charge >= 0.3 is 6.09 Å². The van der Waals surface area contributed by atoms with Crippen LogP contribution in [0.3, 0.4) is 0 Å². The van der Waals surface area contributed by atoms with Crippen LogP contribution in [-0.4, -0.2) is 47.6 Å². The molecule has 0 radical (unpaired) electrons. The standard InChI is InChI=1S/C20H22ClN3O4/c21-17-11-22-9-8-18(17)28-16-7-4-10-24(13-16)19(25)12-23-20(26)27-14-15-5-2-1-3-6-15/h1-3,5-6,8-9,11,16H,4,7,10,12-14H2,(H,23,26). The van der Waals surface area contributed by atoms with E-state index in [1.165, 1.54) is 6.20 Å². The fraction of sp³-hybridized carbons (Fsp3) is 0.350. The number of hydrogen-bond acceptors (Lipinski definition) is 5. The van der Waals surface area contributed by atoms with Gasteiger partial charge in [-0.05, 0) is 18.4 Å². The van der Waals surface area contributed by atoms with E-state index < -0.39 is 6.09 Å². The van der Waals surface area contributed by atoms with Crippen molar-refractivity contribution in [1.82, 2.24) is 15.2 Å². The Balaban J connectivity index is 1.42. The van der Waals surface area contributed by atoms with Gasteiger partial charge in [-0.2, -0.15) is 0 Å². The number of carbonyl (C=O) groups is 2. The van der Waals surface area contributed by atoms with Gasteiger partial charge in [0.05, 0.1) is 6.54 Å². The fourth-order valence-electron chi connectivity index (χ4n) is 2.93. The molecule has 0 spiro atoms. The van der Waals surface area contributed by atoms with E-state index in [4.69, 9.17) is 21.1 Å². The van der Waals surface area contributed by atoms with E-state index in [9.17, 15) is 9.59 Å². The van der Waals surface area contributed by atoms with Gasteiger partial charge in [0.25, 0.3) is 0 Å². The van der Waals surface area contributed by atoms with E-state index in [-0.39, 0.29) is 25.2 Å². The van der Waals surface area contributed by atoms with E-state index in [1.54, 1.807) is 17.2 Å². The lowest BCUT2D eigenvalue weighted by molar-refractivity contribution is -0.132. The van der Waals surface area contributed by atoms with E-state index >= 15 is 0 Å². The first kappa shape index (κ1) is 19.9. The van der Waals surface area contributed by atoms with Gasteiger partial charge in [-0.15, -0.1) is 0 Å². The molecular formula is C20H22ClN3O4. The molecule has 3 rings (SSSR count). The molecule has 1 fully saturated rings. The number of rotatable bonds is 6. The fourth-order valence-corrected chi connectivity index (χ4v) is 3.10. The maximum atomic E-state index is 12.4. The highest BCUT2D eigenvalue weighted by Gasteiger charge is 2.25. The number of alkyl carbamates (subject to hydrolysis) is 1. The number of hydrogen-bond donors (Lipinski definition) is 1. The SMILES string of the molecule is O=C(NCC(=O)N1CCCC(Oc2ccncc2Cl)C1)OCc1ccccc1. The minimum atomic E-state index is -0.620. The van der Waals surface area contributed by atoms with Crippen molar-refractivity contribution in [2.45, 2.75) is 25.6 Å². The molecule has 1 N–H and O–H groups in total. The maximum Gasteiger partial charge on any atom is 0.407 e. The van der Waals surface area contributed by atoms with Crippen molar-refractivity contribution in [2.24, 2.45) is 0 Å². The van der Waals surface area contributed by atoms with Gasteiger partial charge in [-0.1, -0.05) is 41.9 Å². The summed E-state index contributed by atoms with van der Waals surface area (Å²) in [5.41, 5.74) is 0.884. The molecule has 0 aliphatic carbocycles. The molecule has 2 aromatic rings. The van der Waals surface area contributed by atoms with Gasteiger partial charge in [0, 0.05) is 25.0 Å². The normalized spacial score (nSPS) is 16.3. The third kappa shape index (κ3) is 5.85. The third-order valence-electron chi connectivity index (χ3n) is 4.36. The number of amides is 2. The molecule has 1 unspecified atom stereocenters. The van der Waals surface area contributed by atoms with Crippen LogP contribution < -0.4 is 10.1 Å². The van der Waals surface area contributed by atoms with Crippen LogP contribution >= 0.6 is 11.6 Å². The molecule has 1 aliphatic rings. The van der Waals surface area contributed by atoms with Crippen LogP contribution in [0, 0.1) is 0 Å². The molecule has 1 aliphatic heterocycles. The number of ether oxygens (including phenoxy) is 2. The number of benzene rings is 1. The van der Waals surface area contributed by atoms with E-state index in [0.717, 1.165) is 18.4 Å². The van der Waals surface area contributed by atoms with Crippen LogP contribution in [0.15, 0.2) is 48.8 Å². The lowest BCUT2D eigenvalue weighted by Crippen LogP contribution is -2.48. The van der Waals surface area contributed by atoms with Crippen LogP contribution in [-0.2, 0) is 16.1 Å². The van der Waals surface area contributed by atoms with Crippen LogP contribution in [0.2, 0.25) is 5.02 Å². The molecule has 28 heavy (non-hydrogen) atoms. The second-order valence-electron chi connectivity index (χ2n) is 6.44. The van der Waals surface area contributed by atoms with Crippen molar-refractivity contribution < 1.29 is 19.1 Å². The smallest absolute Gasteiger partial charge is 0.407 e. The van der Waals surface area contributed by atoms with Gasteiger partial charge in [0.2, 0.25) is 5.91 Å². The summed E-state index contributed by atoms with van der Waals surface area (Å²) in [6.45, 7) is 1.12. The predicted octanol–water partition coefficient (Wildman–Crippen LogP) is 3.03. The second-order valence-corrected chi connectivity index (χ2v) is 6.85. The second kappa shape index (κ2) is 9.94. The monoisotopic (exact) mass is 403 g/mol. The number of nitrogens with zero attached hydrogens (tertiary/aromatic N) is 2. The number of halogens is 1. The van der Waals surface area contributed by atoms with Gasteiger partial charge in [-0.25, -0.2) is 4.79 Å². The van der Waals surface area contributed by atoms with Gasteiger partial charge < -0.3 is 19.7 Å². The van der Waals surface area contributed by atoms with E-state index in [0.29, 0.717) is 23.9 Å². The summed E-state index contributed by atoms with van der Waals surface area (Å²) in [4.78, 5) is 29.8. The largest absolute Gasteiger partial charge is 0.487 e. The molecule has 2 heterocycles. The first-order valence-corrected chi connectivity index (χ1v) is 9.48. The quantitative estimate of drug-likeness (QED) is 0.801. The zero-order valence-electron chi connectivity index (χ0n) is 15.3. The summed E-state index contributed by atoms with van der Waals surface area (Å²) in [6, 6.07) is 11.1. The molecule has 2 amide bonds. The molecule has 0 bridgehead atoms. The minimum absolute atomic E-state index is 0.115.